The van der Waals surface area contributed by atoms with Crippen molar-refractivity contribution < 1.29 is 4.79 Å². The molecule has 0 aliphatic rings. The van der Waals surface area contributed by atoms with Gasteiger partial charge in [0.15, 0.2) is 16.1 Å². The Hall–Kier alpha value is -2.46. The standard InChI is InChI=1S/C20H16Cl2N6OS2/c1-2-28-18(12-5-7-23-8-6-12)26-27-20(28)31-11-17(29)25-19-24-16(10-30-19)14-4-3-13(21)9-15(14)22/h3-10H,2,11H2,1H3,(H,24,25,29). The maximum atomic E-state index is 12.4. The summed E-state index contributed by atoms with van der Waals surface area (Å²) in [5.41, 5.74) is 2.37. The highest BCUT2D eigenvalue weighted by molar-refractivity contribution is 7.99. The van der Waals surface area contributed by atoms with E-state index in [0.29, 0.717) is 32.6 Å². The number of anilines is 1. The quantitative estimate of drug-likeness (QED) is 0.343. The number of pyridine rings is 1. The summed E-state index contributed by atoms with van der Waals surface area (Å²) in [6.07, 6.45) is 3.42. The highest BCUT2D eigenvalue weighted by Crippen LogP contribution is 2.32. The number of benzene rings is 1. The molecule has 11 heteroatoms. The highest BCUT2D eigenvalue weighted by Gasteiger charge is 2.16. The van der Waals surface area contributed by atoms with Crippen molar-refractivity contribution in [3.05, 3.63) is 58.2 Å². The van der Waals surface area contributed by atoms with E-state index < -0.39 is 0 Å². The molecule has 0 saturated carbocycles. The number of halogens is 2. The summed E-state index contributed by atoms with van der Waals surface area (Å²) >= 11 is 14.8. The van der Waals surface area contributed by atoms with Crippen molar-refractivity contribution in [2.24, 2.45) is 0 Å². The van der Waals surface area contributed by atoms with Crippen LogP contribution in [-0.4, -0.2) is 36.4 Å². The van der Waals surface area contributed by atoms with E-state index >= 15 is 0 Å². The van der Waals surface area contributed by atoms with E-state index in [1.54, 1.807) is 30.6 Å². The number of rotatable bonds is 7. The van der Waals surface area contributed by atoms with Gasteiger partial charge >= 0.3 is 0 Å². The van der Waals surface area contributed by atoms with Gasteiger partial charge in [-0.15, -0.1) is 21.5 Å². The molecule has 158 valence electrons. The zero-order chi connectivity index (χ0) is 21.8. The molecule has 0 spiro atoms. The van der Waals surface area contributed by atoms with E-state index in [0.717, 1.165) is 17.0 Å². The fourth-order valence-corrected chi connectivity index (χ4v) is 4.87. The van der Waals surface area contributed by atoms with Crippen molar-refractivity contribution in [3.63, 3.8) is 0 Å². The van der Waals surface area contributed by atoms with Gasteiger partial charge in [0.25, 0.3) is 0 Å². The van der Waals surface area contributed by atoms with Gasteiger partial charge in [-0.25, -0.2) is 4.98 Å². The average Bonchev–Trinajstić information content (AvgIpc) is 3.39. The fraction of sp³-hybridized carbons (Fsp3) is 0.150. The van der Waals surface area contributed by atoms with Crippen LogP contribution in [0.2, 0.25) is 10.0 Å². The third kappa shape index (κ3) is 5.07. The fourth-order valence-electron chi connectivity index (χ4n) is 2.83. The van der Waals surface area contributed by atoms with Gasteiger partial charge in [-0.1, -0.05) is 35.0 Å². The molecule has 1 aromatic carbocycles. The Balaban J connectivity index is 1.40. The second-order valence-corrected chi connectivity index (χ2v) is 8.93. The second kappa shape index (κ2) is 9.78. The third-order valence-electron chi connectivity index (χ3n) is 4.26. The third-order valence-corrected chi connectivity index (χ3v) is 6.53. The van der Waals surface area contributed by atoms with Crippen molar-refractivity contribution in [1.82, 2.24) is 24.7 Å². The molecule has 1 amide bonds. The lowest BCUT2D eigenvalue weighted by molar-refractivity contribution is -0.113. The van der Waals surface area contributed by atoms with E-state index in [4.69, 9.17) is 23.2 Å². The van der Waals surface area contributed by atoms with E-state index in [9.17, 15) is 4.79 Å². The monoisotopic (exact) mass is 490 g/mol. The number of amides is 1. The van der Waals surface area contributed by atoms with Crippen LogP contribution >= 0.6 is 46.3 Å². The summed E-state index contributed by atoms with van der Waals surface area (Å²) in [5.74, 6) is 0.756. The lowest BCUT2D eigenvalue weighted by Gasteiger charge is -2.07. The average molecular weight is 491 g/mol. The Bertz CT molecular complexity index is 1210. The lowest BCUT2D eigenvalue weighted by Crippen LogP contribution is -2.14. The Morgan fingerprint density at radius 2 is 2.00 bits per heavy atom. The largest absolute Gasteiger partial charge is 0.302 e. The molecule has 7 nitrogen and oxygen atoms in total. The smallest absolute Gasteiger partial charge is 0.236 e. The summed E-state index contributed by atoms with van der Waals surface area (Å²) in [6.45, 7) is 2.70. The maximum absolute atomic E-state index is 12.4. The van der Waals surface area contributed by atoms with Crippen LogP contribution in [0.25, 0.3) is 22.6 Å². The van der Waals surface area contributed by atoms with Crippen LogP contribution in [0.3, 0.4) is 0 Å². The van der Waals surface area contributed by atoms with Crippen LogP contribution in [0.5, 0.6) is 0 Å². The minimum Gasteiger partial charge on any atom is -0.302 e. The molecular weight excluding hydrogens is 475 g/mol. The van der Waals surface area contributed by atoms with Gasteiger partial charge in [-0.2, -0.15) is 0 Å². The number of hydrogen-bond donors (Lipinski definition) is 1. The minimum absolute atomic E-state index is 0.177. The second-order valence-electron chi connectivity index (χ2n) is 6.29. The summed E-state index contributed by atoms with van der Waals surface area (Å²) < 4.78 is 1.97. The SMILES string of the molecule is CCn1c(SCC(=O)Nc2nc(-c3ccc(Cl)cc3Cl)cs2)nnc1-c1ccncc1. The predicted molar refractivity (Wildman–Crippen MR) is 126 cm³/mol. The number of thioether (sulfide) groups is 1. The maximum Gasteiger partial charge on any atom is 0.236 e. The zero-order valence-corrected chi connectivity index (χ0v) is 19.4. The first-order valence-electron chi connectivity index (χ1n) is 9.22. The van der Waals surface area contributed by atoms with Crippen molar-refractivity contribution in [2.75, 3.05) is 11.1 Å². The first-order chi connectivity index (χ1) is 15.0. The molecule has 3 heterocycles. The van der Waals surface area contributed by atoms with E-state index in [1.165, 1.54) is 23.1 Å². The molecular formula is C20H16Cl2N6OS2. The van der Waals surface area contributed by atoms with E-state index in [2.05, 4.69) is 25.5 Å². The van der Waals surface area contributed by atoms with Gasteiger partial charge in [0.2, 0.25) is 5.91 Å². The molecule has 0 bridgehead atoms. The first-order valence-corrected chi connectivity index (χ1v) is 11.8. The summed E-state index contributed by atoms with van der Waals surface area (Å²) in [6, 6.07) is 8.98. The van der Waals surface area contributed by atoms with E-state index in [1.807, 2.05) is 29.0 Å². The molecule has 4 aromatic rings. The molecule has 0 radical (unpaired) electrons. The Morgan fingerprint density at radius 1 is 1.19 bits per heavy atom. The van der Waals surface area contributed by atoms with Gasteiger partial charge in [0.1, 0.15) is 0 Å². The molecule has 1 N–H and O–H groups in total. The Morgan fingerprint density at radius 3 is 2.74 bits per heavy atom. The van der Waals surface area contributed by atoms with Crippen LogP contribution in [0, 0.1) is 0 Å². The first kappa shape index (κ1) is 21.8. The number of nitrogens with zero attached hydrogens (tertiary/aromatic N) is 5. The number of carbonyl (C=O) groups is 1. The minimum atomic E-state index is -0.177. The summed E-state index contributed by atoms with van der Waals surface area (Å²) in [5, 5.41) is 15.4. The number of nitrogens with one attached hydrogen (secondary N) is 1. The Labute approximate surface area is 196 Å². The van der Waals surface area contributed by atoms with Crippen molar-refractivity contribution >= 4 is 57.3 Å². The molecule has 3 aromatic heterocycles. The van der Waals surface area contributed by atoms with E-state index in [-0.39, 0.29) is 11.7 Å². The summed E-state index contributed by atoms with van der Waals surface area (Å²) in [7, 11) is 0. The van der Waals surface area contributed by atoms with Crippen LogP contribution in [-0.2, 0) is 11.3 Å². The number of carbonyl (C=O) groups excluding carboxylic acids is 1. The van der Waals surface area contributed by atoms with Crippen LogP contribution in [0.15, 0.2) is 53.3 Å². The van der Waals surface area contributed by atoms with Gasteiger partial charge in [-0.05, 0) is 37.3 Å². The van der Waals surface area contributed by atoms with Gasteiger partial charge in [0, 0.05) is 40.5 Å². The summed E-state index contributed by atoms with van der Waals surface area (Å²) in [4.78, 5) is 20.9. The normalized spacial score (nSPS) is 10.9. The highest BCUT2D eigenvalue weighted by atomic mass is 35.5. The van der Waals surface area contributed by atoms with Crippen molar-refractivity contribution in [2.45, 2.75) is 18.6 Å². The molecule has 0 fully saturated rings. The molecule has 0 aliphatic heterocycles. The topological polar surface area (TPSA) is 85.6 Å². The molecule has 0 saturated heterocycles. The zero-order valence-electron chi connectivity index (χ0n) is 16.2. The molecule has 31 heavy (non-hydrogen) atoms. The number of thiazole rings is 1. The molecule has 0 aliphatic carbocycles. The van der Waals surface area contributed by atoms with Crippen LogP contribution < -0.4 is 5.32 Å². The Kier molecular flexibility index (Phi) is 6.86. The van der Waals surface area contributed by atoms with Gasteiger partial charge in [-0.3, -0.25) is 9.78 Å². The van der Waals surface area contributed by atoms with Crippen LogP contribution in [0.4, 0.5) is 5.13 Å². The number of hydrogen-bond acceptors (Lipinski definition) is 7. The van der Waals surface area contributed by atoms with Gasteiger partial charge < -0.3 is 9.88 Å². The lowest BCUT2D eigenvalue weighted by atomic mass is 10.2. The molecule has 0 atom stereocenters. The predicted octanol–water partition coefficient (Wildman–Crippen LogP) is 5.52. The van der Waals surface area contributed by atoms with Crippen LogP contribution in [0.1, 0.15) is 6.92 Å². The molecule has 4 rings (SSSR count). The number of aromatic nitrogens is 5. The van der Waals surface area contributed by atoms with Crippen molar-refractivity contribution in [3.8, 4) is 22.6 Å². The molecule has 0 unspecified atom stereocenters. The van der Waals surface area contributed by atoms with Crippen molar-refractivity contribution in [1.29, 1.82) is 0 Å². The van der Waals surface area contributed by atoms with Gasteiger partial charge in [0.05, 0.1) is 16.5 Å².